The van der Waals surface area contributed by atoms with Gasteiger partial charge in [-0.15, -0.1) is 0 Å². The van der Waals surface area contributed by atoms with Gasteiger partial charge in [-0.05, 0) is 55.0 Å². The molecule has 0 saturated carbocycles. The average Bonchev–Trinajstić information content (AvgIpc) is 2.69. The van der Waals surface area contributed by atoms with Crippen molar-refractivity contribution >= 4 is 39.1 Å². The topological polar surface area (TPSA) is 67.4 Å². The third-order valence-corrected chi connectivity index (χ3v) is 4.45. The first-order valence-electron chi connectivity index (χ1n) is 8.66. The molecule has 0 aliphatic rings. The van der Waals surface area contributed by atoms with Crippen LogP contribution in [0.25, 0.3) is 0 Å². The first kappa shape index (κ1) is 19.6. The van der Waals surface area contributed by atoms with Gasteiger partial charge in [-0.1, -0.05) is 40.2 Å². The predicted octanol–water partition coefficient (Wildman–Crippen LogP) is 5.03. The first-order valence-corrected chi connectivity index (χ1v) is 9.46. The number of hydrogen-bond acceptors (Lipinski definition) is 3. The van der Waals surface area contributed by atoms with Gasteiger partial charge in [0.15, 0.2) is 6.61 Å². The van der Waals surface area contributed by atoms with E-state index >= 15 is 0 Å². The Labute approximate surface area is 171 Å². The third-order valence-electron chi connectivity index (χ3n) is 3.96. The van der Waals surface area contributed by atoms with E-state index in [9.17, 15) is 9.59 Å². The Balaban J connectivity index is 1.57. The van der Waals surface area contributed by atoms with Crippen LogP contribution in [0, 0.1) is 6.92 Å². The number of anilines is 2. The molecule has 0 fully saturated rings. The van der Waals surface area contributed by atoms with E-state index in [1.807, 2.05) is 31.2 Å². The van der Waals surface area contributed by atoms with Gasteiger partial charge in [0.05, 0.1) is 0 Å². The van der Waals surface area contributed by atoms with Crippen LogP contribution < -0.4 is 15.4 Å². The van der Waals surface area contributed by atoms with Crippen molar-refractivity contribution in [3.63, 3.8) is 0 Å². The maximum Gasteiger partial charge on any atom is 0.262 e. The van der Waals surface area contributed by atoms with Crippen LogP contribution in [-0.4, -0.2) is 18.4 Å². The zero-order chi connectivity index (χ0) is 19.9. The molecule has 0 aliphatic heterocycles. The van der Waals surface area contributed by atoms with E-state index in [1.165, 1.54) is 0 Å². The minimum Gasteiger partial charge on any atom is -0.484 e. The van der Waals surface area contributed by atoms with Crippen LogP contribution in [0.2, 0.25) is 0 Å². The van der Waals surface area contributed by atoms with Crippen LogP contribution in [0.5, 0.6) is 5.75 Å². The van der Waals surface area contributed by atoms with E-state index in [2.05, 4.69) is 26.6 Å². The fourth-order valence-corrected chi connectivity index (χ4v) is 3.03. The van der Waals surface area contributed by atoms with Gasteiger partial charge in [0.2, 0.25) is 0 Å². The van der Waals surface area contributed by atoms with Crippen molar-refractivity contribution in [2.24, 2.45) is 0 Å². The van der Waals surface area contributed by atoms with Gasteiger partial charge in [0.1, 0.15) is 5.75 Å². The summed E-state index contributed by atoms with van der Waals surface area (Å²) in [5.41, 5.74) is 2.85. The number of benzene rings is 3. The SMILES string of the molecule is Cc1cc(Br)ccc1NC(=O)COc1cccc(NC(=O)c2ccccc2)c1. The summed E-state index contributed by atoms with van der Waals surface area (Å²) in [6, 6.07) is 21.5. The highest BCUT2D eigenvalue weighted by Crippen LogP contribution is 2.21. The van der Waals surface area contributed by atoms with Crippen molar-refractivity contribution in [2.75, 3.05) is 17.2 Å². The zero-order valence-electron chi connectivity index (χ0n) is 15.2. The summed E-state index contributed by atoms with van der Waals surface area (Å²) in [5.74, 6) is 0.0268. The van der Waals surface area contributed by atoms with Crippen LogP contribution >= 0.6 is 15.9 Å². The van der Waals surface area contributed by atoms with E-state index in [0.717, 1.165) is 15.7 Å². The normalized spacial score (nSPS) is 10.2. The minimum absolute atomic E-state index is 0.133. The molecule has 0 atom stereocenters. The summed E-state index contributed by atoms with van der Waals surface area (Å²) in [5, 5.41) is 5.64. The summed E-state index contributed by atoms with van der Waals surface area (Å²) >= 11 is 3.40. The summed E-state index contributed by atoms with van der Waals surface area (Å²) in [6.45, 7) is 1.78. The molecule has 3 aromatic rings. The van der Waals surface area contributed by atoms with Crippen LogP contribution in [0.1, 0.15) is 15.9 Å². The highest BCUT2D eigenvalue weighted by Gasteiger charge is 2.08. The summed E-state index contributed by atoms with van der Waals surface area (Å²) in [6.07, 6.45) is 0. The molecular weight excluding hydrogens is 420 g/mol. The highest BCUT2D eigenvalue weighted by atomic mass is 79.9. The summed E-state index contributed by atoms with van der Waals surface area (Å²) in [4.78, 5) is 24.4. The largest absolute Gasteiger partial charge is 0.484 e. The Kier molecular flexibility index (Phi) is 6.45. The average molecular weight is 439 g/mol. The standard InChI is InChI=1S/C22H19BrN2O3/c1-15-12-17(23)10-11-20(15)25-21(26)14-28-19-9-5-8-18(13-19)24-22(27)16-6-3-2-4-7-16/h2-13H,14H2,1H3,(H,24,27)(H,25,26). The number of rotatable bonds is 6. The Hall–Kier alpha value is -3.12. The maximum absolute atomic E-state index is 12.2. The van der Waals surface area contributed by atoms with Crippen molar-refractivity contribution in [1.29, 1.82) is 0 Å². The fraction of sp³-hybridized carbons (Fsp3) is 0.0909. The highest BCUT2D eigenvalue weighted by molar-refractivity contribution is 9.10. The van der Waals surface area contributed by atoms with E-state index in [1.54, 1.807) is 48.5 Å². The number of hydrogen-bond donors (Lipinski definition) is 2. The molecule has 0 unspecified atom stereocenters. The lowest BCUT2D eigenvalue weighted by molar-refractivity contribution is -0.118. The van der Waals surface area contributed by atoms with E-state index in [0.29, 0.717) is 17.0 Å². The van der Waals surface area contributed by atoms with Crippen molar-refractivity contribution in [1.82, 2.24) is 0 Å². The molecule has 2 N–H and O–H groups in total. The summed E-state index contributed by atoms with van der Waals surface area (Å²) < 4.78 is 6.51. The van der Waals surface area contributed by atoms with Crippen LogP contribution in [0.4, 0.5) is 11.4 Å². The van der Waals surface area contributed by atoms with Crippen LogP contribution in [-0.2, 0) is 4.79 Å². The maximum atomic E-state index is 12.2. The smallest absolute Gasteiger partial charge is 0.262 e. The Morgan fingerprint density at radius 3 is 2.46 bits per heavy atom. The van der Waals surface area contributed by atoms with Crippen molar-refractivity contribution in [2.45, 2.75) is 6.92 Å². The first-order chi connectivity index (χ1) is 13.5. The molecule has 6 heteroatoms. The monoisotopic (exact) mass is 438 g/mol. The predicted molar refractivity (Wildman–Crippen MR) is 114 cm³/mol. The van der Waals surface area contributed by atoms with Crippen molar-refractivity contribution in [3.05, 3.63) is 88.4 Å². The number of amides is 2. The molecule has 0 saturated heterocycles. The molecule has 2 amide bonds. The Morgan fingerprint density at radius 1 is 0.929 bits per heavy atom. The molecule has 142 valence electrons. The van der Waals surface area contributed by atoms with Gasteiger partial charge < -0.3 is 15.4 Å². The molecule has 0 aromatic heterocycles. The molecular formula is C22H19BrN2O3. The van der Waals surface area contributed by atoms with E-state index < -0.39 is 0 Å². The fourth-order valence-electron chi connectivity index (χ4n) is 2.56. The van der Waals surface area contributed by atoms with E-state index in [-0.39, 0.29) is 18.4 Å². The molecule has 0 heterocycles. The molecule has 3 rings (SSSR count). The molecule has 0 bridgehead atoms. The van der Waals surface area contributed by atoms with Gasteiger partial charge in [-0.3, -0.25) is 9.59 Å². The van der Waals surface area contributed by atoms with Gasteiger partial charge in [0.25, 0.3) is 11.8 Å². The third kappa shape index (κ3) is 5.44. The molecule has 28 heavy (non-hydrogen) atoms. The Bertz CT molecular complexity index is 990. The molecule has 0 spiro atoms. The second-order valence-electron chi connectivity index (χ2n) is 6.14. The number of aryl methyl sites for hydroxylation is 1. The van der Waals surface area contributed by atoms with E-state index in [4.69, 9.17) is 4.74 Å². The van der Waals surface area contributed by atoms with Crippen LogP contribution in [0.15, 0.2) is 77.3 Å². The number of ether oxygens (including phenoxy) is 1. The van der Waals surface area contributed by atoms with Crippen molar-refractivity contribution in [3.8, 4) is 5.75 Å². The summed E-state index contributed by atoms with van der Waals surface area (Å²) in [7, 11) is 0. The molecule has 0 radical (unpaired) electrons. The zero-order valence-corrected chi connectivity index (χ0v) is 16.8. The van der Waals surface area contributed by atoms with Gasteiger partial charge in [0, 0.05) is 27.5 Å². The molecule has 5 nitrogen and oxygen atoms in total. The Morgan fingerprint density at radius 2 is 1.71 bits per heavy atom. The van der Waals surface area contributed by atoms with Gasteiger partial charge in [-0.25, -0.2) is 0 Å². The van der Waals surface area contributed by atoms with Gasteiger partial charge >= 0.3 is 0 Å². The second kappa shape index (κ2) is 9.19. The quantitative estimate of drug-likeness (QED) is 0.567. The van der Waals surface area contributed by atoms with Crippen molar-refractivity contribution < 1.29 is 14.3 Å². The minimum atomic E-state index is -0.260. The lowest BCUT2D eigenvalue weighted by Crippen LogP contribution is -2.20. The number of halogens is 1. The van der Waals surface area contributed by atoms with Gasteiger partial charge in [-0.2, -0.15) is 0 Å². The lowest BCUT2D eigenvalue weighted by atomic mass is 10.2. The molecule has 0 aliphatic carbocycles. The number of carbonyl (C=O) groups is 2. The lowest BCUT2D eigenvalue weighted by Gasteiger charge is -2.11. The molecule has 3 aromatic carbocycles. The number of nitrogens with one attached hydrogen (secondary N) is 2. The number of carbonyl (C=O) groups excluding carboxylic acids is 2. The van der Waals surface area contributed by atoms with Crippen LogP contribution in [0.3, 0.4) is 0 Å². The second-order valence-corrected chi connectivity index (χ2v) is 7.06.